The number of nitro groups is 1. The largest absolute Gasteiger partial charge is 0.297 e. The number of imidazole rings is 1. The molecule has 0 N–H and O–H groups in total. The van der Waals surface area contributed by atoms with Gasteiger partial charge in [0.25, 0.3) is 5.69 Å². The van der Waals surface area contributed by atoms with Crippen molar-refractivity contribution < 1.29 is 9.31 Å². The summed E-state index contributed by atoms with van der Waals surface area (Å²) in [4.78, 5) is 14.7. The van der Waals surface area contributed by atoms with Gasteiger partial charge >= 0.3 is 0 Å². The molecule has 1 aromatic carbocycles. The summed E-state index contributed by atoms with van der Waals surface area (Å²) in [7, 11) is 0. The normalized spacial score (nSPS) is 10.7. The van der Waals surface area contributed by atoms with E-state index in [-0.39, 0.29) is 14.9 Å². The zero-order valence-electron chi connectivity index (χ0n) is 10.1. The van der Waals surface area contributed by atoms with Crippen molar-refractivity contribution in [1.29, 1.82) is 0 Å². The minimum atomic E-state index is -0.507. The molecule has 2 aromatic rings. The Morgan fingerprint density at radius 1 is 1.53 bits per heavy atom. The quantitative estimate of drug-likeness (QED) is 0.467. The molecule has 2 rings (SSSR count). The molecule has 0 radical (unpaired) electrons. The van der Waals surface area contributed by atoms with E-state index in [9.17, 15) is 14.5 Å². The number of benzene rings is 1. The van der Waals surface area contributed by atoms with Crippen molar-refractivity contribution in [3.63, 3.8) is 0 Å². The van der Waals surface area contributed by atoms with E-state index in [1.807, 2.05) is 6.92 Å². The zero-order chi connectivity index (χ0) is 14.0. The van der Waals surface area contributed by atoms with Gasteiger partial charge in [0.15, 0.2) is 0 Å². The molecule has 0 bridgehead atoms. The topological polar surface area (TPSA) is 61.0 Å². The molecular weight excluding hydrogens is 364 g/mol. The lowest BCUT2D eigenvalue weighted by Gasteiger charge is -2.08. The van der Waals surface area contributed by atoms with E-state index < -0.39 is 10.7 Å². The molecule has 0 aliphatic carbocycles. The van der Waals surface area contributed by atoms with Crippen molar-refractivity contribution in [2.45, 2.75) is 19.8 Å². The Morgan fingerprint density at radius 3 is 2.89 bits per heavy atom. The highest BCUT2D eigenvalue weighted by atomic mass is 127. The molecule has 19 heavy (non-hydrogen) atoms. The average molecular weight is 375 g/mol. The van der Waals surface area contributed by atoms with Crippen molar-refractivity contribution in [2.24, 2.45) is 0 Å². The lowest BCUT2D eigenvalue weighted by molar-refractivity contribution is -0.384. The number of nitrogens with zero attached hydrogens (tertiary/aromatic N) is 3. The third-order valence-corrected chi connectivity index (χ3v) is 3.49. The molecule has 0 saturated carbocycles. The molecule has 0 atom stereocenters. The zero-order valence-corrected chi connectivity index (χ0v) is 12.3. The van der Waals surface area contributed by atoms with Gasteiger partial charge in [0.1, 0.15) is 17.3 Å². The molecule has 0 aliphatic rings. The average Bonchev–Trinajstić information content (AvgIpc) is 2.80. The minimum Gasteiger partial charge on any atom is -0.297 e. The summed E-state index contributed by atoms with van der Waals surface area (Å²) in [5.74, 6) is 0.212. The predicted octanol–water partition coefficient (Wildman–Crippen LogP) is 3.48. The van der Waals surface area contributed by atoms with Gasteiger partial charge in [-0.15, -0.1) is 0 Å². The lowest BCUT2D eigenvalue weighted by atomic mass is 10.2. The maximum atomic E-state index is 13.7. The second-order valence-corrected chi connectivity index (χ2v) is 5.14. The van der Waals surface area contributed by atoms with Gasteiger partial charge in [-0.3, -0.25) is 14.7 Å². The van der Waals surface area contributed by atoms with Gasteiger partial charge in [0.05, 0.1) is 8.49 Å². The molecule has 0 fully saturated rings. The van der Waals surface area contributed by atoms with Gasteiger partial charge in [-0.2, -0.15) is 0 Å². The van der Waals surface area contributed by atoms with Crippen LogP contribution in [0, 0.1) is 19.5 Å². The van der Waals surface area contributed by atoms with Crippen LogP contribution in [0.4, 0.5) is 10.1 Å². The highest BCUT2D eigenvalue weighted by Crippen LogP contribution is 2.28. The maximum Gasteiger partial charge on any atom is 0.294 e. The van der Waals surface area contributed by atoms with E-state index in [0.29, 0.717) is 12.2 Å². The van der Waals surface area contributed by atoms with Crippen LogP contribution < -0.4 is 0 Å². The molecule has 1 heterocycles. The van der Waals surface area contributed by atoms with Crippen molar-refractivity contribution in [2.75, 3.05) is 0 Å². The molecule has 0 spiro atoms. The fraction of sp³-hybridized carbons (Fsp3) is 0.250. The summed E-state index contributed by atoms with van der Waals surface area (Å²) in [6, 6.07) is 2.42. The second kappa shape index (κ2) is 5.64. The van der Waals surface area contributed by atoms with Gasteiger partial charge in [-0.1, -0.05) is 6.92 Å². The van der Waals surface area contributed by atoms with Crippen molar-refractivity contribution in [1.82, 2.24) is 9.55 Å². The monoisotopic (exact) mass is 375 g/mol. The first-order valence-electron chi connectivity index (χ1n) is 5.70. The van der Waals surface area contributed by atoms with Gasteiger partial charge in [0, 0.05) is 30.9 Å². The Bertz CT molecular complexity index is 627. The number of hydrogen-bond donors (Lipinski definition) is 0. The maximum absolute atomic E-state index is 13.7. The molecular formula is C12H11FIN3O2. The van der Waals surface area contributed by atoms with Crippen LogP contribution in [0.5, 0.6) is 0 Å². The summed E-state index contributed by atoms with van der Waals surface area (Å²) >= 11 is 1.74. The molecule has 100 valence electrons. The van der Waals surface area contributed by atoms with Gasteiger partial charge in [-0.25, -0.2) is 9.37 Å². The van der Waals surface area contributed by atoms with E-state index in [4.69, 9.17) is 0 Å². The van der Waals surface area contributed by atoms with Crippen molar-refractivity contribution >= 4 is 28.3 Å². The summed E-state index contributed by atoms with van der Waals surface area (Å²) in [5.41, 5.74) is 0.0880. The van der Waals surface area contributed by atoms with E-state index in [1.54, 1.807) is 39.6 Å². The predicted molar refractivity (Wildman–Crippen MR) is 76.9 cm³/mol. The fourth-order valence-electron chi connectivity index (χ4n) is 1.83. The Labute approximate surface area is 122 Å². The van der Waals surface area contributed by atoms with Crippen LogP contribution in [0.25, 0.3) is 5.69 Å². The van der Waals surface area contributed by atoms with Gasteiger partial charge < -0.3 is 0 Å². The van der Waals surface area contributed by atoms with Crippen LogP contribution in [0.15, 0.2) is 24.5 Å². The Morgan fingerprint density at radius 2 is 2.26 bits per heavy atom. The van der Waals surface area contributed by atoms with Crippen LogP contribution in [-0.2, 0) is 6.42 Å². The van der Waals surface area contributed by atoms with Crippen LogP contribution >= 0.6 is 22.6 Å². The first kappa shape index (κ1) is 13.9. The Balaban J connectivity index is 2.63. The highest BCUT2D eigenvalue weighted by Gasteiger charge is 2.20. The second-order valence-electron chi connectivity index (χ2n) is 3.98. The summed E-state index contributed by atoms with van der Waals surface area (Å²) in [5, 5.41) is 11.1. The Hall–Kier alpha value is -1.51. The SMILES string of the molecule is CCCc1nccn1-c1cc(F)c(I)cc1[N+](=O)[O-]. The summed E-state index contributed by atoms with van der Waals surface area (Å²) in [6.45, 7) is 1.99. The number of rotatable bonds is 4. The van der Waals surface area contributed by atoms with Crippen molar-refractivity contribution in [3.8, 4) is 5.69 Å². The van der Waals surface area contributed by atoms with E-state index >= 15 is 0 Å². The van der Waals surface area contributed by atoms with E-state index in [1.165, 1.54) is 12.1 Å². The molecule has 0 amide bonds. The smallest absolute Gasteiger partial charge is 0.294 e. The van der Waals surface area contributed by atoms with Crippen LogP contribution in [0.1, 0.15) is 19.2 Å². The molecule has 0 saturated heterocycles. The first-order valence-corrected chi connectivity index (χ1v) is 6.78. The van der Waals surface area contributed by atoms with Crippen LogP contribution in [0.2, 0.25) is 0 Å². The van der Waals surface area contributed by atoms with E-state index in [2.05, 4.69) is 4.98 Å². The Kier molecular flexibility index (Phi) is 4.13. The minimum absolute atomic E-state index is 0.124. The summed E-state index contributed by atoms with van der Waals surface area (Å²) < 4.78 is 15.5. The summed E-state index contributed by atoms with van der Waals surface area (Å²) in [6.07, 6.45) is 4.71. The number of hydrogen-bond acceptors (Lipinski definition) is 3. The van der Waals surface area contributed by atoms with E-state index in [0.717, 1.165) is 6.42 Å². The molecule has 5 nitrogen and oxygen atoms in total. The van der Waals surface area contributed by atoms with Gasteiger partial charge in [-0.05, 0) is 29.0 Å². The third-order valence-electron chi connectivity index (χ3n) is 2.66. The van der Waals surface area contributed by atoms with Gasteiger partial charge in [0.2, 0.25) is 0 Å². The third kappa shape index (κ3) is 2.75. The number of aromatic nitrogens is 2. The number of aryl methyl sites for hydroxylation is 1. The van der Waals surface area contributed by atoms with Crippen molar-refractivity contribution in [3.05, 3.63) is 49.9 Å². The fourth-order valence-corrected chi connectivity index (χ4v) is 2.28. The lowest BCUT2D eigenvalue weighted by Crippen LogP contribution is -2.05. The molecule has 0 unspecified atom stereocenters. The molecule has 1 aromatic heterocycles. The molecule has 0 aliphatic heterocycles. The standard InChI is InChI=1S/C12H11FIN3O2/c1-2-3-12-15-4-5-16(12)10-6-8(13)9(14)7-11(10)17(18)19/h4-7H,2-3H2,1H3. The van der Waals surface area contributed by atoms with Crippen LogP contribution in [-0.4, -0.2) is 14.5 Å². The first-order chi connectivity index (χ1) is 9.04. The number of nitro benzene ring substituents is 1. The molecule has 7 heteroatoms. The highest BCUT2D eigenvalue weighted by molar-refractivity contribution is 14.1. The number of halogens is 2. The van der Waals surface area contributed by atoms with Crippen LogP contribution in [0.3, 0.4) is 0 Å².